The molecule has 0 amide bonds. The molecule has 2 N–H and O–H groups in total. The Kier molecular flexibility index (Phi) is 4.21. The summed E-state index contributed by atoms with van der Waals surface area (Å²) >= 11 is 0. The van der Waals surface area contributed by atoms with E-state index in [0.717, 1.165) is 11.4 Å². The van der Waals surface area contributed by atoms with Crippen LogP contribution in [-0.2, 0) is 0 Å². The monoisotopic (exact) mass is 211 g/mol. The molecule has 0 saturated carbocycles. The van der Waals surface area contributed by atoms with Crippen molar-refractivity contribution in [3.05, 3.63) is 18.2 Å². The Labute approximate surface area is 87.2 Å². The third kappa shape index (κ3) is 2.39. The van der Waals surface area contributed by atoms with Crippen LogP contribution >= 0.6 is 7.92 Å². The van der Waals surface area contributed by atoms with Crippen molar-refractivity contribution in [1.82, 2.24) is 0 Å². The number of hydrogen-bond acceptors (Lipinski definition) is 2. The summed E-state index contributed by atoms with van der Waals surface area (Å²) in [7, 11) is 1.63. The van der Waals surface area contributed by atoms with Gasteiger partial charge in [0.2, 0.25) is 0 Å². The molecule has 1 rings (SSSR count). The second-order valence-electron chi connectivity index (χ2n) is 3.10. The van der Waals surface area contributed by atoms with Crippen LogP contribution in [0.4, 0.5) is 5.69 Å². The van der Waals surface area contributed by atoms with E-state index in [4.69, 9.17) is 10.5 Å². The number of benzene rings is 1. The third-order valence-electron chi connectivity index (χ3n) is 2.34. The Morgan fingerprint density at radius 3 is 2.36 bits per heavy atom. The van der Waals surface area contributed by atoms with Gasteiger partial charge in [0.05, 0.1) is 12.8 Å². The van der Waals surface area contributed by atoms with Gasteiger partial charge >= 0.3 is 0 Å². The van der Waals surface area contributed by atoms with Gasteiger partial charge in [-0.25, -0.2) is 0 Å². The number of rotatable bonds is 4. The van der Waals surface area contributed by atoms with E-state index in [1.165, 1.54) is 17.6 Å². The van der Waals surface area contributed by atoms with E-state index < -0.39 is 0 Å². The van der Waals surface area contributed by atoms with Crippen molar-refractivity contribution in [2.24, 2.45) is 0 Å². The minimum Gasteiger partial charge on any atom is -0.495 e. The molecule has 1 aromatic rings. The minimum absolute atomic E-state index is 0.0205. The summed E-state index contributed by atoms with van der Waals surface area (Å²) in [6.07, 6.45) is 2.44. The summed E-state index contributed by atoms with van der Waals surface area (Å²) in [5, 5.41) is 1.38. The molecule has 0 fully saturated rings. The highest BCUT2D eigenvalue weighted by Crippen LogP contribution is 2.35. The van der Waals surface area contributed by atoms with Gasteiger partial charge in [0.25, 0.3) is 0 Å². The molecule has 78 valence electrons. The van der Waals surface area contributed by atoms with E-state index >= 15 is 0 Å². The lowest BCUT2D eigenvalue weighted by molar-refractivity contribution is 0.417. The van der Waals surface area contributed by atoms with Crippen LogP contribution < -0.4 is 15.8 Å². The second kappa shape index (κ2) is 5.21. The molecule has 3 heteroatoms. The number of methoxy groups -OCH3 is 1. The maximum Gasteiger partial charge on any atom is 0.141 e. The number of anilines is 1. The molecule has 0 radical (unpaired) electrons. The molecule has 0 aliphatic carbocycles. The van der Waals surface area contributed by atoms with Crippen molar-refractivity contribution in [2.45, 2.75) is 13.8 Å². The molecule has 0 atom stereocenters. The molecule has 0 aliphatic rings. The summed E-state index contributed by atoms with van der Waals surface area (Å²) < 4.78 is 5.13. The summed E-state index contributed by atoms with van der Waals surface area (Å²) in [6, 6.07) is 6.15. The Balaban J connectivity index is 2.95. The molecular formula is C11H18NOP. The molecule has 0 heterocycles. The molecule has 0 spiro atoms. The molecular weight excluding hydrogens is 193 g/mol. The predicted molar refractivity (Wildman–Crippen MR) is 65.0 cm³/mol. The van der Waals surface area contributed by atoms with Crippen molar-refractivity contribution in [1.29, 1.82) is 0 Å². The average molecular weight is 211 g/mol. The van der Waals surface area contributed by atoms with Crippen LogP contribution in [-0.4, -0.2) is 19.4 Å². The maximum absolute atomic E-state index is 5.86. The summed E-state index contributed by atoms with van der Waals surface area (Å²) in [5.41, 5.74) is 6.61. The summed E-state index contributed by atoms with van der Waals surface area (Å²) in [6.45, 7) is 4.46. The Morgan fingerprint density at radius 1 is 1.29 bits per heavy atom. The first-order valence-corrected chi connectivity index (χ1v) is 6.62. The van der Waals surface area contributed by atoms with Crippen molar-refractivity contribution in [2.75, 3.05) is 25.2 Å². The van der Waals surface area contributed by atoms with Gasteiger partial charge in [-0.2, -0.15) is 0 Å². The lowest BCUT2D eigenvalue weighted by Gasteiger charge is -2.15. The van der Waals surface area contributed by atoms with Gasteiger partial charge in [0, 0.05) is 0 Å². The fourth-order valence-electron chi connectivity index (χ4n) is 1.51. The number of ether oxygens (including phenoxy) is 1. The van der Waals surface area contributed by atoms with Crippen LogP contribution in [0.25, 0.3) is 0 Å². The molecule has 0 saturated heterocycles. The van der Waals surface area contributed by atoms with Gasteiger partial charge in [0.1, 0.15) is 5.75 Å². The zero-order chi connectivity index (χ0) is 10.6. The van der Waals surface area contributed by atoms with Gasteiger partial charge in [-0.1, -0.05) is 27.8 Å². The fraction of sp³-hybridized carbons (Fsp3) is 0.455. The van der Waals surface area contributed by atoms with Crippen LogP contribution in [0.2, 0.25) is 0 Å². The van der Waals surface area contributed by atoms with Gasteiger partial charge in [-0.15, -0.1) is 0 Å². The van der Waals surface area contributed by atoms with Crippen LogP contribution in [0.5, 0.6) is 5.75 Å². The summed E-state index contributed by atoms with van der Waals surface area (Å²) in [5.74, 6) is 0.774. The standard InChI is InChI=1S/C11H18NOP/c1-4-14(5-2)9-6-7-11(13-3)10(12)8-9/h6-8H,4-5,12H2,1-3H3. The van der Waals surface area contributed by atoms with Crippen molar-refractivity contribution < 1.29 is 4.74 Å². The zero-order valence-corrected chi connectivity index (χ0v) is 9.97. The van der Waals surface area contributed by atoms with Crippen LogP contribution in [0.3, 0.4) is 0 Å². The average Bonchev–Trinajstić information content (AvgIpc) is 2.20. The molecule has 2 nitrogen and oxygen atoms in total. The van der Waals surface area contributed by atoms with Crippen molar-refractivity contribution in [3.8, 4) is 5.75 Å². The number of nitrogen functional groups attached to an aromatic ring is 1. The molecule has 14 heavy (non-hydrogen) atoms. The first kappa shape index (κ1) is 11.3. The van der Waals surface area contributed by atoms with E-state index in [9.17, 15) is 0 Å². The Hall–Kier alpha value is -0.750. The van der Waals surface area contributed by atoms with E-state index in [-0.39, 0.29) is 7.92 Å². The van der Waals surface area contributed by atoms with Crippen LogP contribution in [0.1, 0.15) is 13.8 Å². The molecule has 1 aromatic carbocycles. The quantitative estimate of drug-likeness (QED) is 0.613. The van der Waals surface area contributed by atoms with E-state index in [2.05, 4.69) is 26.0 Å². The van der Waals surface area contributed by atoms with E-state index in [1.54, 1.807) is 7.11 Å². The normalized spacial score (nSPS) is 10.6. The first-order chi connectivity index (χ1) is 6.72. The highest BCUT2D eigenvalue weighted by atomic mass is 31.1. The lowest BCUT2D eigenvalue weighted by Crippen LogP contribution is -2.06. The first-order valence-electron chi connectivity index (χ1n) is 4.91. The van der Waals surface area contributed by atoms with E-state index in [0.29, 0.717) is 0 Å². The lowest BCUT2D eigenvalue weighted by atomic mass is 10.3. The van der Waals surface area contributed by atoms with Crippen molar-refractivity contribution >= 4 is 18.9 Å². The van der Waals surface area contributed by atoms with Crippen molar-refractivity contribution in [3.63, 3.8) is 0 Å². The van der Waals surface area contributed by atoms with Gasteiger partial charge < -0.3 is 10.5 Å². The zero-order valence-electron chi connectivity index (χ0n) is 9.08. The highest BCUT2D eigenvalue weighted by Gasteiger charge is 2.08. The number of nitrogens with two attached hydrogens (primary N) is 1. The second-order valence-corrected chi connectivity index (χ2v) is 5.96. The maximum atomic E-state index is 5.86. The largest absolute Gasteiger partial charge is 0.495 e. The van der Waals surface area contributed by atoms with Gasteiger partial charge in [-0.3, -0.25) is 0 Å². The molecule has 0 unspecified atom stereocenters. The van der Waals surface area contributed by atoms with Gasteiger partial charge in [-0.05, 0) is 29.8 Å². The SMILES string of the molecule is CCP(CC)c1ccc(OC)c(N)c1. The fourth-order valence-corrected chi connectivity index (χ4v) is 3.29. The Morgan fingerprint density at radius 2 is 1.93 bits per heavy atom. The summed E-state index contributed by atoms with van der Waals surface area (Å²) in [4.78, 5) is 0. The molecule has 0 aromatic heterocycles. The Bertz CT molecular complexity index is 297. The molecule has 0 aliphatic heterocycles. The topological polar surface area (TPSA) is 35.2 Å². The number of hydrogen-bond donors (Lipinski definition) is 1. The predicted octanol–water partition coefficient (Wildman–Crippen LogP) is 2.42. The third-order valence-corrected chi connectivity index (χ3v) is 4.88. The van der Waals surface area contributed by atoms with Gasteiger partial charge in [0.15, 0.2) is 0 Å². The highest BCUT2D eigenvalue weighted by molar-refractivity contribution is 7.65. The van der Waals surface area contributed by atoms with E-state index in [1.807, 2.05) is 6.07 Å². The smallest absolute Gasteiger partial charge is 0.141 e. The van der Waals surface area contributed by atoms with Crippen LogP contribution in [0, 0.1) is 0 Å². The van der Waals surface area contributed by atoms with Crippen LogP contribution in [0.15, 0.2) is 18.2 Å². The minimum atomic E-state index is -0.0205. The molecule has 0 bridgehead atoms.